The van der Waals surface area contributed by atoms with Crippen molar-refractivity contribution in [3.63, 3.8) is 0 Å². The first-order valence-corrected chi connectivity index (χ1v) is 6.82. The maximum absolute atomic E-state index is 5.94. The molecule has 0 amide bonds. The second kappa shape index (κ2) is 5.47. The van der Waals surface area contributed by atoms with Crippen LogP contribution in [0.2, 0.25) is 5.02 Å². The number of hydrogen-bond acceptors (Lipinski definition) is 3. The largest absolute Gasteiger partial charge is 0.386 e. The molecule has 3 rings (SSSR count). The highest BCUT2D eigenvalue weighted by molar-refractivity contribution is 6.30. The smallest absolute Gasteiger partial charge is 0.123 e. The predicted molar refractivity (Wildman–Crippen MR) is 83.4 cm³/mol. The maximum atomic E-state index is 5.94. The molecule has 2 aromatic carbocycles. The summed E-state index contributed by atoms with van der Waals surface area (Å²) >= 11 is 5.94. The summed E-state index contributed by atoms with van der Waals surface area (Å²) in [5.41, 5.74) is 9.00. The standard InChI is InChI=1S/C16H14ClN3/c17-13-8-6-12(7-9-13)16-14(10-15(18)19-20-16)11-4-2-1-3-5-11/h1-9,14H,10H2,(H2,18,19). The summed E-state index contributed by atoms with van der Waals surface area (Å²) in [5, 5.41) is 9.05. The maximum Gasteiger partial charge on any atom is 0.123 e. The number of rotatable bonds is 2. The number of nitrogens with zero attached hydrogens (tertiary/aromatic N) is 2. The molecule has 0 saturated heterocycles. The van der Waals surface area contributed by atoms with Gasteiger partial charge >= 0.3 is 0 Å². The molecule has 0 bridgehead atoms. The molecule has 1 aliphatic rings. The fourth-order valence-electron chi connectivity index (χ4n) is 2.38. The third-order valence-corrected chi connectivity index (χ3v) is 3.62. The van der Waals surface area contributed by atoms with E-state index in [0.29, 0.717) is 17.3 Å². The Labute approximate surface area is 122 Å². The third kappa shape index (κ3) is 2.58. The van der Waals surface area contributed by atoms with Gasteiger partial charge < -0.3 is 5.73 Å². The van der Waals surface area contributed by atoms with E-state index in [2.05, 4.69) is 22.3 Å². The zero-order chi connectivity index (χ0) is 13.9. The topological polar surface area (TPSA) is 50.7 Å². The lowest BCUT2D eigenvalue weighted by atomic mass is 9.86. The van der Waals surface area contributed by atoms with Crippen molar-refractivity contribution in [2.24, 2.45) is 15.9 Å². The molecular weight excluding hydrogens is 270 g/mol. The summed E-state index contributed by atoms with van der Waals surface area (Å²) in [4.78, 5) is 0. The molecule has 0 saturated carbocycles. The van der Waals surface area contributed by atoms with Crippen LogP contribution in [0, 0.1) is 0 Å². The van der Waals surface area contributed by atoms with Gasteiger partial charge in [-0.1, -0.05) is 54.1 Å². The monoisotopic (exact) mass is 283 g/mol. The minimum atomic E-state index is 0.134. The van der Waals surface area contributed by atoms with Crippen LogP contribution in [0.3, 0.4) is 0 Å². The first-order chi connectivity index (χ1) is 9.74. The molecule has 1 atom stereocenters. The molecule has 0 fully saturated rings. The van der Waals surface area contributed by atoms with Gasteiger partial charge in [-0.3, -0.25) is 0 Å². The van der Waals surface area contributed by atoms with Crippen LogP contribution in [0.5, 0.6) is 0 Å². The number of nitrogens with two attached hydrogens (primary N) is 1. The van der Waals surface area contributed by atoms with Crippen molar-refractivity contribution in [2.45, 2.75) is 12.3 Å². The van der Waals surface area contributed by atoms with Gasteiger partial charge in [-0.15, -0.1) is 5.10 Å². The summed E-state index contributed by atoms with van der Waals surface area (Å²) < 4.78 is 0. The second-order valence-corrected chi connectivity index (χ2v) is 5.19. The lowest BCUT2D eigenvalue weighted by molar-refractivity contribution is 0.887. The summed E-state index contributed by atoms with van der Waals surface area (Å²) in [6.45, 7) is 0. The molecule has 2 N–H and O–H groups in total. The van der Waals surface area contributed by atoms with Gasteiger partial charge in [0.05, 0.1) is 5.71 Å². The number of benzene rings is 2. The van der Waals surface area contributed by atoms with Gasteiger partial charge in [-0.2, -0.15) is 5.10 Å². The van der Waals surface area contributed by atoms with Crippen LogP contribution < -0.4 is 5.73 Å². The first kappa shape index (κ1) is 12.9. The molecule has 0 radical (unpaired) electrons. The van der Waals surface area contributed by atoms with Gasteiger partial charge in [0.25, 0.3) is 0 Å². The Morgan fingerprint density at radius 1 is 0.950 bits per heavy atom. The third-order valence-electron chi connectivity index (χ3n) is 3.37. The van der Waals surface area contributed by atoms with Crippen LogP contribution in [0.4, 0.5) is 0 Å². The zero-order valence-corrected chi connectivity index (χ0v) is 11.6. The van der Waals surface area contributed by atoms with E-state index in [9.17, 15) is 0 Å². The Hall–Kier alpha value is -2.13. The molecular formula is C16H14ClN3. The van der Waals surface area contributed by atoms with Crippen LogP contribution in [0.25, 0.3) is 0 Å². The van der Waals surface area contributed by atoms with Gasteiger partial charge in [0.15, 0.2) is 0 Å². The lowest BCUT2D eigenvalue weighted by Crippen LogP contribution is -2.25. The van der Waals surface area contributed by atoms with E-state index in [-0.39, 0.29) is 5.92 Å². The normalized spacial score (nSPS) is 18.4. The van der Waals surface area contributed by atoms with Crippen LogP contribution in [0.15, 0.2) is 64.8 Å². The van der Waals surface area contributed by atoms with Crippen molar-refractivity contribution in [2.75, 3.05) is 0 Å². The average molecular weight is 284 g/mol. The highest BCUT2D eigenvalue weighted by atomic mass is 35.5. The van der Waals surface area contributed by atoms with Gasteiger partial charge in [0, 0.05) is 17.4 Å². The van der Waals surface area contributed by atoms with Crippen LogP contribution in [-0.4, -0.2) is 11.5 Å². The molecule has 100 valence electrons. The highest BCUT2D eigenvalue weighted by Gasteiger charge is 2.24. The SMILES string of the molecule is NC1=NN=C(c2ccc(Cl)cc2)C(c2ccccc2)C1. The van der Waals surface area contributed by atoms with E-state index in [1.165, 1.54) is 5.56 Å². The van der Waals surface area contributed by atoms with Crippen LogP contribution >= 0.6 is 11.6 Å². The van der Waals surface area contributed by atoms with Gasteiger partial charge in [-0.25, -0.2) is 0 Å². The first-order valence-electron chi connectivity index (χ1n) is 6.45. The van der Waals surface area contributed by atoms with Crippen molar-refractivity contribution in [1.82, 2.24) is 0 Å². The van der Waals surface area contributed by atoms with Gasteiger partial charge in [-0.05, 0) is 23.3 Å². The summed E-state index contributed by atoms with van der Waals surface area (Å²) in [6.07, 6.45) is 0.686. The molecule has 0 aliphatic carbocycles. The average Bonchev–Trinajstić information content (AvgIpc) is 2.49. The van der Waals surface area contributed by atoms with Gasteiger partial charge in [0.2, 0.25) is 0 Å². The van der Waals surface area contributed by atoms with Gasteiger partial charge in [0.1, 0.15) is 5.84 Å². The summed E-state index contributed by atoms with van der Waals surface area (Å²) in [7, 11) is 0. The Bertz CT molecular complexity index is 660. The quantitative estimate of drug-likeness (QED) is 0.900. The lowest BCUT2D eigenvalue weighted by Gasteiger charge is -2.22. The molecule has 1 heterocycles. The number of hydrogen-bond donors (Lipinski definition) is 1. The summed E-state index contributed by atoms with van der Waals surface area (Å²) in [6, 6.07) is 17.9. The molecule has 20 heavy (non-hydrogen) atoms. The van der Waals surface area contributed by atoms with E-state index in [1.54, 1.807) is 0 Å². The molecule has 0 spiro atoms. The van der Waals surface area contributed by atoms with Crippen molar-refractivity contribution in [1.29, 1.82) is 0 Å². The van der Waals surface area contributed by atoms with Crippen molar-refractivity contribution >= 4 is 23.1 Å². The summed E-state index contributed by atoms with van der Waals surface area (Å²) in [5.74, 6) is 0.700. The molecule has 1 aliphatic heterocycles. The fourth-order valence-corrected chi connectivity index (χ4v) is 2.50. The van der Waals surface area contributed by atoms with Crippen LogP contribution in [-0.2, 0) is 0 Å². The van der Waals surface area contributed by atoms with Crippen molar-refractivity contribution in [3.05, 3.63) is 70.7 Å². The Morgan fingerprint density at radius 2 is 1.65 bits per heavy atom. The minimum absolute atomic E-state index is 0.134. The zero-order valence-electron chi connectivity index (χ0n) is 10.8. The highest BCUT2D eigenvalue weighted by Crippen LogP contribution is 2.28. The van der Waals surface area contributed by atoms with Crippen molar-refractivity contribution < 1.29 is 0 Å². The van der Waals surface area contributed by atoms with E-state index in [4.69, 9.17) is 17.3 Å². The predicted octanol–water partition coefficient (Wildman–Crippen LogP) is 3.59. The van der Waals surface area contributed by atoms with Crippen LogP contribution in [0.1, 0.15) is 23.5 Å². The Balaban J connectivity index is 2.03. The number of halogens is 1. The molecule has 0 aromatic heterocycles. The molecule has 1 unspecified atom stereocenters. The molecule has 4 heteroatoms. The number of amidine groups is 1. The van der Waals surface area contributed by atoms with E-state index >= 15 is 0 Å². The Morgan fingerprint density at radius 3 is 2.35 bits per heavy atom. The second-order valence-electron chi connectivity index (χ2n) is 4.75. The fraction of sp³-hybridized carbons (Fsp3) is 0.125. The molecule has 3 nitrogen and oxygen atoms in total. The molecule has 2 aromatic rings. The minimum Gasteiger partial charge on any atom is -0.386 e. The van der Waals surface area contributed by atoms with Crippen molar-refractivity contribution in [3.8, 4) is 0 Å². The van der Waals surface area contributed by atoms with E-state index < -0.39 is 0 Å². The Kier molecular flexibility index (Phi) is 3.52. The van der Waals surface area contributed by atoms with E-state index in [0.717, 1.165) is 11.3 Å². The van der Waals surface area contributed by atoms with E-state index in [1.807, 2.05) is 42.5 Å².